The number of allylic oxidation sites excluding steroid dienone is 1. The van der Waals surface area contributed by atoms with Crippen molar-refractivity contribution < 1.29 is 13.9 Å². The molecule has 7 nitrogen and oxygen atoms in total. The molecule has 0 amide bonds. The van der Waals surface area contributed by atoms with Gasteiger partial charge in [0.05, 0.1) is 28.5 Å². The zero-order chi connectivity index (χ0) is 27.8. The van der Waals surface area contributed by atoms with Crippen LogP contribution >= 0.6 is 43.2 Å². The van der Waals surface area contributed by atoms with Crippen molar-refractivity contribution in [1.82, 2.24) is 4.57 Å². The largest absolute Gasteiger partial charge is 0.463 e. The van der Waals surface area contributed by atoms with Gasteiger partial charge in [-0.1, -0.05) is 55.3 Å². The standard InChI is InChI=1S/C29H25Br2N3O4S/c1-5-37-28(36)25-16(2)32-29-34(26(25)17-6-9-19(10-7-17)33(3)4)27(35)24(39-29)15-20-11-13-23(38-20)21-14-18(30)8-12-22(21)31/h6-15,26H,5H2,1-4H3/b24-15+/t26-/m0/s1. The molecule has 4 aromatic rings. The number of fused-ring (bicyclic) bond motifs is 1. The van der Waals surface area contributed by atoms with Crippen LogP contribution in [-0.4, -0.2) is 31.2 Å². The van der Waals surface area contributed by atoms with Crippen LogP contribution in [0.1, 0.15) is 31.2 Å². The SMILES string of the molecule is CCOC(=O)C1=C(C)N=c2s/c(=C/c3ccc(-c4cc(Br)ccc4Br)o3)c(=O)n2[C@H]1c1ccc(N(C)C)cc1. The number of furan rings is 1. The highest BCUT2D eigenvalue weighted by atomic mass is 79.9. The predicted octanol–water partition coefficient (Wildman–Crippen LogP) is 5.65. The molecule has 0 fully saturated rings. The zero-order valence-corrected chi connectivity index (χ0v) is 25.7. The molecule has 0 radical (unpaired) electrons. The molecule has 3 heterocycles. The lowest BCUT2D eigenvalue weighted by Gasteiger charge is -2.25. The second-order valence-electron chi connectivity index (χ2n) is 9.11. The van der Waals surface area contributed by atoms with Gasteiger partial charge in [-0.05, 0) is 61.9 Å². The van der Waals surface area contributed by atoms with Gasteiger partial charge in [0, 0.05) is 40.4 Å². The molecular formula is C29H25Br2N3O4S. The minimum Gasteiger partial charge on any atom is -0.463 e. The highest BCUT2D eigenvalue weighted by Gasteiger charge is 2.33. The quantitative estimate of drug-likeness (QED) is 0.248. The predicted molar refractivity (Wildman–Crippen MR) is 161 cm³/mol. The smallest absolute Gasteiger partial charge is 0.338 e. The first-order valence-corrected chi connectivity index (χ1v) is 14.6. The molecule has 1 atom stereocenters. The van der Waals surface area contributed by atoms with Gasteiger partial charge in [-0.15, -0.1) is 0 Å². The molecule has 1 aliphatic rings. The molecule has 200 valence electrons. The fourth-order valence-electron chi connectivity index (χ4n) is 4.45. The Morgan fingerprint density at radius 3 is 2.59 bits per heavy atom. The first-order chi connectivity index (χ1) is 18.7. The summed E-state index contributed by atoms with van der Waals surface area (Å²) < 4.78 is 15.3. The molecule has 2 aromatic carbocycles. The molecule has 2 aromatic heterocycles. The molecule has 0 unspecified atom stereocenters. The number of carbonyl (C=O) groups is 1. The van der Waals surface area contributed by atoms with Crippen molar-refractivity contribution in [2.45, 2.75) is 19.9 Å². The van der Waals surface area contributed by atoms with E-state index in [0.717, 1.165) is 25.8 Å². The summed E-state index contributed by atoms with van der Waals surface area (Å²) >= 11 is 8.33. The fourth-order valence-corrected chi connectivity index (χ4v) is 6.28. The molecular weight excluding hydrogens is 646 g/mol. The zero-order valence-electron chi connectivity index (χ0n) is 21.7. The second-order valence-corrected chi connectivity index (χ2v) is 11.9. The Morgan fingerprint density at radius 2 is 1.90 bits per heavy atom. The van der Waals surface area contributed by atoms with Gasteiger partial charge in [0.25, 0.3) is 5.56 Å². The number of esters is 1. The van der Waals surface area contributed by atoms with Gasteiger partial charge in [0.1, 0.15) is 11.5 Å². The lowest BCUT2D eigenvalue weighted by atomic mass is 9.95. The molecule has 10 heteroatoms. The number of hydrogen-bond acceptors (Lipinski definition) is 7. The first kappa shape index (κ1) is 27.4. The van der Waals surface area contributed by atoms with Crippen LogP contribution in [0.15, 0.2) is 89.0 Å². The van der Waals surface area contributed by atoms with Crippen LogP contribution in [0.4, 0.5) is 5.69 Å². The summed E-state index contributed by atoms with van der Waals surface area (Å²) in [4.78, 5) is 34.1. The maximum atomic E-state index is 13.8. The van der Waals surface area contributed by atoms with Gasteiger partial charge in [-0.2, -0.15) is 0 Å². The van der Waals surface area contributed by atoms with E-state index in [1.807, 2.05) is 73.6 Å². The van der Waals surface area contributed by atoms with Crippen molar-refractivity contribution in [2.75, 3.05) is 25.6 Å². The summed E-state index contributed by atoms with van der Waals surface area (Å²) in [6.45, 7) is 3.76. The van der Waals surface area contributed by atoms with Crippen LogP contribution in [-0.2, 0) is 9.53 Å². The van der Waals surface area contributed by atoms with E-state index < -0.39 is 12.0 Å². The second kappa shape index (κ2) is 11.1. The van der Waals surface area contributed by atoms with Crippen molar-refractivity contribution in [3.63, 3.8) is 0 Å². The maximum Gasteiger partial charge on any atom is 0.338 e. The van der Waals surface area contributed by atoms with Crippen molar-refractivity contribution in [3.8, 4) is 11.3 Å². The fraction of sp³-hybridized carbons (Fsp3) is 0.207. The van der Waals surface area contributed by atoms with E-state index in [1.165, 1.54) is 11.3 Å². The Kier molecular flexibility index (Phi) is 7.80. The third-order valence-electron chi connectivity index (χ3n) is 6.34. The molecule has 0 bridgehead atoms. The van der Waals surface area contributed by atoms with E-state index in [0.29, 0.717) is 32.1 Å². The van der Waals surface area contributed by atoms with Crippen LogP contribution < -0.4 is 19.8 Å². The highest BCUT2D eigenvalue weighted by molar-refractivity contribution is 9.11. The normalized spacial score (nSPS) is 15.2. The van der Waals surface area contributed by atoms with Crippen LogP contribution in [0.2, 0.25) is 0 Å². The van der Waals surface area contributed by atoms with Gasteiger partial charge in [-0.25, -0.2) is 9.79 Å². The molecule has 0 saturated carbocycles. The summed E-state index contributed by atoms with van der Waals surface area (Å²) in [7, 11) is 3.92. The molecule has 5 rings (SSSR count). The average Bonchev–Trinajstić information content (AvgIpc) is 3.49. The monoisotopic (exact) mass is 669 g/mol. The van der Waals surface area contributed by atoms with Crippen LogP contribution in [0.5, 0.6) is 0 Å². The van der Waals surface area contributed by atoms with E-state index in [-0.39, 0.29) is 12.2 Å². The molecule has 0 N–H and O–H groups in total. The van der Waals surface area contributed by atoms with Crippen molar-refractivity contribution >= 4 is 60.9 Å². The van der Waals surface area contributed by atoms with Crippen molar-refractivity contribution in [1.29, 1.82) is 0 Å². The van der Waals surface area contributed by atoms with E-state index in [2.05, 4.69) is 36.9 Å². The van der Waals surface area contributed by atoms with Crippen molar-refractivity contribution in [2.24, 2.45) is 4.99 Å². The number of anilines is 1. The third kappa shape index (κ3) is 5.33. The molecule has 0 spiro atoms. The minimum atomic E-state index is -0.663. The number of ether oxygens (including phenoxy) is 1. The van der Waals surface area contributed by atoms with Gasteiger partial charge >= 0.3 is 5.97 Å². The minimum absolute atomic E-state index is 0.223. The van der Waals surface area contributed by atoms with Gasteiger partial charge in [-0.3, -0.25) is 9.36 Å². The summed E-state index contributed by atoms with van der Waals surface area (Å²) in [5, 5.41) is 0. The topological polar surface area (TPSA) is 77.0 Å². The molecule has 1 aliphatic heterocycles. The number of hydrogen-bond donors (Lipinski definition) is 0. The van der Waals surface area contributed by atoms with Gasteiger partial charge in [0.2, 0.25) is 0 Å². The number of carbonyl (C=O) groups excluding carboxylic acids is 1. The van der Waals surface area contributed by atoms with E-state index in [4.69, 9.17) is 9.15 Å². The lowest BCUT2D eigenvalue weighted by Crippen LogP contribution is -2.39. The van der Waals surface area contributed by atoms with E-state index >= 15 is 0 Å². The number of nitrogens with zero attached hydrogens (tertiary/aromatic N) is 3. The summed E-state index contributed by atoms with van der Waals surface area (Å²) in [6.07, 6.45) is 1.72. The van der Waals surface area contributed by atoms with Crippen LogP contribution in [0.25, 0.3) is 17.4 Å². The van der Waals surface area contributed by atoms with Crippen LogP contribution in [0.3, 0.4) is 0 Å². The maximum absolute atomic E-state index is 13.8. The van der Waals surface area contributed by atoms with Gasteiger partial charge < -0.3 is 14.1 Å². The Hall–Kier alpha value is -3.21. The van der Waals surface area contributed by atoms with E-state index in [1.54, 1.807) is 24.5 Å². The average molecular weight is 671 g/mol. The summed E-state index contributed by atoms with van der Waals surface area (Å²) in [6, 6.07) is 16.7. The molecule has 39 heavy (non-hydrogen) atoms. The molecule has 0 saturated heterocycles. The summed E-state index contributed by atoms with van der Waals surface area (Å²) in [5.74, 6) is 0.724. The number of benzene rings is 2. The highest BCUT2D eigenvalue weighted by Crippen LogP contribution is 2.33. The summed E-state index contributed by atoms with van der Waals surface area (Å²) in [5.41, 5.74) is 3.33. The number of halogens is 2. The Labute approximate surface area is 246 Å². The van der Waals surface area contributed by atoms with Crippen molar-refractivity contribution in [3.05, 3.63) is 106 Å². The lowest BCUT2D eigenvalue weighted by molar-refractivity contribution is -0.139. The van der Waals surface area contributed by atoms with Gasteiger partial charge in [0.15, 0.2) is 4.80 Å². The third-order valence-corrected chi connectivity index (χ3v) is 8.50. The first-order valence-electron chi connectivity index (χ1n) is 12.2. The number of thiazole rings is 1. The Balaban J connectivity index is 1.63. The van der Waals surface area contributed by atoms with E-state index in [9.17, 15) is 9.59 Å². The van der Waals surface area contributed by atoms with Crippen LogP contribution in [0, 0.1) is 0 Å². The Bertz CT molecular complexity index is 1780. The number of rotatable bonds is 6. The Morgan fingerprint density at radius 1 is 1.15 bits per heavy atom. The molecule has 0 aliphatic carbocycles. The number of aromatic nitrogens is 1.